The molecule has 0 radical (unpaired) electrons. The van der Waals surface area contributed by atoms with E-state index in [1.165, 1.54) is 11.1 Å². The Morgan fingerprint density at radius 2 is 1.80 bits per heavy atom. The first kappa shape index (κ1) is 14.9. The summed E-state index contributed by atoms with van der Waals surface area (Å²) >= 11 is 1.75. The van der Waals surface area contributed by atoms with Gasteiger partial charge in [-0.3, -0.25) is 4.72 Å². The Hall–Kier alpha value is -1.45. The van der Waals surface area contributed by atoms with Gasteiger partial charge in [0, 0.05) is 17.5 Å². The lowest BCUT2D eigenvalue weighted by Crippen LogP contribution is -2.19. The smallest absolute Gasteiger partial charge is 0.0331 e. The van der Waals surface area contributed by atoms with Crippen LogP contribution in [0.15, 0.2) is 54.6 Å². The van der Waals surface area contributed by atoms with E-state index in [-0.39, 0.29) is 0 Å². The summed E-state index contributed by atoms with van der Waals surface area (Å²) in [6.45, 7) is 2.23. The van der Waals surface area contributed by atoms with Crippen molar-refractivity contribution in [1.82, 2.24) is 4.72 Å². The van der Waals surface area contributed by atoms with Crippen LogP contribution in [-0.2, 0) is 12.2 Å². The summed E-state index contributed by atoms with van der Waals surface area (Å²) in [5.41, 5.74) is 9.27. The molecule has 1 unspecified atom stereocenters. The maximum absolute atomic E-state index is 5.77. The zero-order valence-electron chi connectivity index (χ0n) is 11.9. The highest BCUT2D eigenvalue weighted by Gasteiger charge is 2.02. The zero-order valence-corrected chi connectivity index (χ0v) is 12.7. The van der Waals surface area contributed by atoms with Gasteiger partial charge < -0.3 is 5.73 Å². The first-order chi connectivity index (χ1) is 9.74. The lowest BCUT2D eigenvalue weighted by atomic mass is 10.1. The zero-order chi connectivity index (χ0) is 14.2. The van der Waals surface area contributed by atoms with Gasteiger partial charge in [0.25, 0.3) is 0 Å². The molecule has 2 rings (SSSR count). The number of nitrogen functional groups attached to an aromatic ring is 1. The number of hydrogen-bond donors (Lipinski definition) is 2. The van der Waals surface area contributed by atoms with Crippen molar-refractivity contribution in [3.63, 3.8) is 0 Å². The Morgan fingerprint density at radius 3 is 2.55 bits per heavy atom. The second-order valence-electron chi connectivity index (χ2n) is 5.08. The Balaban J connectivity index is 1.66. The molecule has 20 heavy (non-hydrogen) atoms. The number of hydrogen-bond acceptors (Lipinski definition) is 3. The highest BCUT2D eigenvalue weighted by atomic mass is 32.2. The monoisotopic (exact) mass is 286 g/mol. The van der Waals surface area contributed by atoms with E-state index in [1.807, 2.05) is 18.2 Å². The molecule has 1 atom stereocenters. The van der Waals surface area contributed by atoms with Crippen LogP contribution in [0.1, 0.15) is 24.5 Å². The van der Waals surface area contributed by atoms with E-state index in [9.17, 15) is 0 Å². The summed E-state index contributed by atoms with van der Waals surface area (Å²) in [7, 11) is 0. The van der Waals surface area contributed by atoms with Gasteiger partial charge >= 0.3 is 0 Å². The fourth-order valence-corrected chi connectivity index (χ4v) is 2.87. The first-order valence-electron chi connectivity index (χ1n) is 6.99. The summed E-state index contributed by atoms with van der Waals surface area (Å²) in [6.07, 6.45) is 2.27. The number of nitrogens with one attached hydrogen (secondary N) is 1. The Morgan fingerprint density at radius 1 is 1.05 bits per heavy atom. The van der Waals surface area contributed by atoms with Crippen LogP contribution in [0, 0.1) is 0 Å². The van der Waals surface area contributed by atoms with Crippen LogP contribution in [0.2, 0.25) is 0 Å². The number of anilines is 1. The van der Waals surface area contributed by atoms with Gasteiger partial charge in [-0.2, -0.15) is 0 Å². The highest BCUT2D eigenvalue weighted by molar-refractivity contribution is 7.96. The van der Waals surface area contributed by atoms with Crippen molar-refractivity contribution in [2.45, 2.75) is 31.6 Å². The van der Waals surface area contributed by atoms with Crippen molar-refractivity contribution in [2.24, 2.45) is 0 Å². The predicted octanol–water partition coefficient (Wildman–Crippen LogP) is 4.03. The molecule has 0 fully saturated rings. The van der Waals surface area contributed by atoms with E-state index < -0.39 is 0 Å². The third kappa shape index (κ3) is 5.27. The van der Waals surface area contributed by atoms with Gasteiger partial charge in [0.05, 0.1) is 0 Å². The van der Waals surface area contributed by atoms with E-state index in [2.05, 4.69) is 48.0 Å². The topological polar surface area (TPSA) is 38.0 Å². The average Bonchev–Trinajstić information content (AvgIpc) is 2.46. The van der Waals surface area contributed by atoms with Gasteiger partial charge in [-0.15, -0.1) is 0 Å². The minimum absolute atomic E-state index is 0.501. The molecule has 3 N–H and O–H groups in total. The standard InChI is InChI=1S/C17H22N2S/c1-14(10-11-15-6-3-2-4-7-15)19-20-13-16-8-5-9-17(18)12-16/h2-9,12,14,19H,10-11,13,18H2,1H3. The van der Waals surface area contributed by atoms with E-state index in [0.29, 0.717) is 6.04 Å². The molecule has 0 bridgehead atoms. The lowest BCUT2D eigenvalue weighted by molar-refractivity contribution is 0.628. The van der Waals surface area contributed by atoms with Crippen LogP contribution < -0.4 is 10.5 Å². The van der Waals surface area contributed by atoms with E-state index >= 15 is 0 Å². The van der Waals surface area contributed by atoms with Gasteiger partial charge in [0.2, 0.25) is 0 Å². The molecule has 2 aromatic carbocycles. The van der Waals surface area contributed by atoms with Gasteiger partial charge in [0.15, 0.2) is 0 Å². The molecule has 0 aliphatic heterocycles. The molecule has 0 heterocycles. The fraction of sp³-hybridized carbons (Fsp3) is 0.294. The molecule has 0 aliphatic rings. The van der Waals surface area contributed by atoms with E-state index in [0.717, 1.165) is 24.3 Å². The van der Waals surface area contributed by atoms with Gasteiger partial charge in [-0.05, 0) is 43.0 Å². The van der Waals surface area contributed by atoms with Crippen molar-refractivity contribution in [1.29, 1.82) is 0 Å². The van der Waals surface area contributed by atoms with Gasteiger partial charge in [-0.1, -0.05) is 54.4 Å². The third-order valence-electron chi connectivity index (χ3n) is 3.18. The van der Waals surface area contributed by atoms with Crippen molar-refractivity contribution < 1.29 is 0 Å². The van der Waals surface area contributed by atoms with Crippen LogP contribution in [0.25, 0.3) is 0 Å². The first-order valence-corrected chi connectivity index (χ1v) is 7.98. The molecule has 2 nitrogen and oxygen atoms in total. The normalized spacial score (nSPS) is 12.2. The van der Waals surface area contributed by atoms with Crippen molar-refractivity contribution in [3.05, 3.63) is 65.7 Å². The fourth-order valence-electron chi connectivity index (χ4n) is 2.04. The second kappa shape index (κ2) is 7.98. The highest BCUT2D eigenvalue weighted by Crippen LogP contribution is 2.14. The van der Waals surface area contributed by atoms with E-state index in [1.54, 1.807) is 11.9 Å². The quantitative estimate of drug-likeness (QED) is 0.596. The van der Waals surface area contributed by atoms with Crippen LogP contribution in [0.5, 0.6) is 0 Å². The Labute approximate surface area is 125 Å². The molecule has 0 aliphatic carbocycles. The molecule has 0 saturated heterocycles. The lowest BCUT2D eigenvalue weighted by Gasteiger charge is -2.13. The summed E-state index contributed by atoms with van der Waals surface area (Å²) in [6, 6.07) is 19.2. The van der Waals surface area contributed by atoms with E-state index in [4.69, 9.17) is 5.73 Å². The van der Waals surface area contributed by atoms with Crippen molar-refractivity contribution in [2.75, 3.05) is 5.73 Å². The molecule has 0 amide bonds. The number of nitrogens with two attached hydrogens (primary N) is 1. The third-order valence-corrected chi connectivity index (χ3v) is 4.23. The molecule has 0 spiro atoms. The Bertz CT molecular complexity index is 513. The molecular formula is C17H22N2S. The summed E-state index contributed by atoms with van der Waals surface area (Å²) in [5, 5.41) is 0. The second-order valence-corrected chi connectivity index (χ2v) is 5.89. The largest absolute Gasteiger partial charge is 0.399 e. The maximum Gasteiger partial charge on any atom is 0.0331 e. The summed E-state index contributed by atoms with van der Waals surface area (Å²) in [4.78, 5) is 0. The van der Waals surface area contributed by atoms with Crippen molar-refractivity contribution in [3.8, 4) is 0 Å². The maximum atomic E-state index is 5.77. The molecule has 0 saturated carbocycles. The minimum Gasteiger partial charge on any atom is -0.399 e. The summed E-state index contributed by atoms with van der Waals surface area (Å²) < 4.78 is 3.50. The van der Waals surface area contributed by atoms with Gasteiger partial charge in [0.1, 0.15) is 0 Å². The van der Waals surface area contributed by atoms with Crippen LogP contribution >= 0.6 is 11.9 Å². The van der Waals surface area contributed by atoms with Crippen molar-refractivity contribution >= 4 is 17.6 Å². The number of rotatable bonds is 7. The van der Waals surface area contributed by atoms with Crippen LogP contribution in [0.3, 0.4) is 0 Å². The van der Waals surface area contributed by atoms with Crippen LogP contribution in [0.4, 0.5) is 5.69 Å². The Kier molecular flexibility index (Phi) is 5.96. The average molecular weight is 286 g/mol. The number of benzene rings is 2. The van der Waals surface area contributed by atoms with Crippen LogP contribution in [-0.4, -0.2) is 6.04 Å². The molecule has 0 aromatic heterocycles. The predicted molar refractivity (Wildman–Crippen MR) is 89.5 cm³/mol. The minimum atomic E-state index is 0.501. The SMILES string of the molecule is CC(CCc1ccccc1)NSCc1cccc(N)c1. The molecule has 3 heteroatoms. The molecule has 2 aromatic rings. The van der Waals surface area contributed by atoms with Gasteiger partial charge in [-0.25, -0.2) is 0 Å². The molecular weight excluding hydrogens is 264 g/mol. The molecule has 106 valence electrons. The summed E-state index contributed by atoms with van der Waals surface area (Å²) in [5.74, 6) is 0.945. The number of aryl methyl sites for hydroxylation is 1.